The van der Waals surface area contributed by atoms with Crippen molar-refractivity contribution in [3.05, 3.63) is 0 Å². The number of rotatable bonds is 2. The van der Waals surface area contributed by atoms with Crippen molar-refractivity contribution in [3.63, 3.8) is 0 Å². The third kappa shape index (κ3) is 3.40. The molecule has 0 aromatic heterocycles. The number of nitrogens with zero attached hydrogens (tertiary/aromatic N) is 1. The molecular formula is C12H21N. The standard InChI is InChI=1S/C12H21N/c1-4-6-12-7-5-9-13(10-8-12)11(2)3/h1,11-12H,5-10H2,2-3H3. The molecule has 0 amide bonds. The maximum absolute atomic E-state index is 5.34. The van der Waals surface area contributed by atoms with E-state index >= 15 is 0 Å². The van der Waals surface area contributed by atoms with Crippen molar-refractivity contribution in [2.45, 2.75) is 45.6 Å². The average molecular weight is 179 g/mol. The zero-order valence-electron chi connectivity index (χ0n) is 8.92. The van der Waals surface area contributed by atoms with Crippen molar-refractivity contribution in [1.82, 2.24) is 4.90 Å². The normalized spacial score (nSPS) is 25.5. The van der Waals surface area contributed by atoms with Gasteiger partial charge in [0.15, 0.2) is 0 Å². The van der Waals surface area contributed by atoms with Crippen LogP contribution in [0.1, 0.15) is 39.5 Å². The maximum atomic E-state index is 5.34. The Bertz CT molecular complexity index is 178. The van der Waals surface area contributed by atoms with E-state index in [1.807, 2.05) is 0 Å². The Morgan fingerprint density at radius 2 is 2.15 bits per heavy atom. The van der Waals surface area contributed by atoms with Gasteiger partial charge in [-0.25, -0.2) is 0 Å². The van der Waals surface area contributed by atoms with Crippen molar-refractivity contribution in [1.29, 1.82) is 0 Å². The summed E-state index contributed by atoms with van der Waals surface area (Å²) in [5.41, 5.74) is 0. The van der Waals surface area contributed by atoms with Crippen LogP contribution in [0, 0.1) is 18.3 Å². The number of likely N-dealkylation sites (tertiary alicyclic amines) is 1. The van der Waals surface area contributed by atoms with E-state index in [0.717, 1.165) is 12.3 Å². The lowest BCUT2D eigenvalue weighted by molar-refractivity contribution is 0.228. The molecule has 0 saturated carbocycles. The maximum Gasteiger partial charge on any atom is 0.0115 e. The molecule has 1 heteroatoms. The summed E-state index contributed by atoms with van der Waals surface area (Å²) >= 11 is 0. The lowest BCUT2D eigenvalue weighted by Crippen LogP contribution is -2.31. The van der Waals surface area contributed by atoms with Gasteiger partial charge in [-0.05, 0) is 52.1 Å². The summed E-state index contributed by atoms with van der Waals surface area (Å²) in [5, 5.41) is 0. The third-order valence-corrected chi connectivity index (χ3v) is 3.02. The first-order chi connectivity index (χ1) is 6.24. The zero-order chi connectivity index (χ0) is 9.68. The molecule has 0 aromatic rings. The monoisotopic (exact) mass is 179 g/mol. The van der Waals surface area contributed by atoms with Crippen molar-refractivity contribution < 1.29 is 0 Å². The van der Waals surface area contributed by atoms with E-state index in [2.05, 4.69) is 24.7 Å². The predicted octanol–water partition coefficient (Wildman–Crippen LogP) is 2.52. The molecule has 0 aromatic carbocycles. The topological polar surface area (TPSA) is 3.24 Å². The number of terminal acetylenes is 1. The van der Waals surface area contributed by atoms with Gasteiger partial charge in [-0.3, -0.25) is 0 Å². The Kier molecular flexibility index (Phi) is 4.32. The molecule has 0 N–H and O–H groups in total. The first-order valence-corrected chi connectivity index (χ1v) is 5.41. The van der Waals surface area contributed by atoms with E-state index in [1.165, 1.54) is 32.4 Å². The number of hydrogen-bond donors (Lipinski definition) is 0. The summed E-state index contributed by atoms with van der Waals surface area (Å²) in [4.78, 5) is 2.57. The molecule has 1 aliphatic heterocycles. The molecule has 0 bridgehead atoms. The van der Waals surface area contributed by atoms with Crippen LogP contribution in [0.15, 0.2) is 0 Å². The minimum atomic E-state index is 0.699. The van der Waals surface area contributed by atoms with Crippen LogP contribution < -0.4 is 0 Å². The first-order valence-electron chi connectivity index (χ1n) is 5.41. The van der Waals surface area contributed by atoms with Gasteiger partial charge in [-0.2, -0.15) is 0 Å². The van der Waals surface area contributed by atoms with E-state index in [-0.39, 0.29) is 0 Å². The van der Waals surface area contributed by atoms with E-state index in [0.29, 0.717) is 6.04 Å². The van der Waals surface area contributed by atoms with Gasteiger partial charge >= 0.3 is 0 Å². The lowest BCUT2D eigenvalue weighted by atomic mass is 9.98. The summed E-state index contributed by atoms with van der Waals surface area (Å²) in [6, 6.07) is 0.699. The van der Waals surface area contributed by atoms with E-state index in [1.54, 1.807) is 0 Å². The van der Waals surface area contributed by atoms with Crippen molar-refractivity contribution in [3.8, 4) is 12.3 Å². The Balaban J connectivity index is 2.36. The minimum Gasteiger partial charge on any atom is -0.301 e. The summed E-state index contributed by atoms with van der Waals surface area (Å²) in [6.07, 6.45) is 10.3. The van der Waals surface area contributed by atoms with Crippen LogP contribution in [0.2, 0.25) is 0 Å². The van der Waals surface area contributed by atoms with Crippen LogP contribution in [-0.4, -0.2) is 24.0 Å². The molecule has 1 aliphatic rings. The zero-order valence-corrected chi connectivity index (χ0v) is 8.92. The third-order valence-electron chi connectivity index (χ3n) is 3.02. The van der Waals surface area contributed by atoms with Gasteiger partial charge in [0.05, 0.1) is 0 Å². The number of hydrogen-bond acceptors (Lipinski definition) is 1. The highest BCUT2D eigenvalue weighted by atomic mass is 15.1. The molecule has 0 spiro atoms. The van der Waals surface area contributed by atoms with Crippen LogP contribution >= 0.6 is 0 Å². The fourth-order valence-electron chi connectivity index (χ4n) is 2.07. The molecule has 1 saturated heterocycles. The second-order valence-electron chi connectivity index (χ2n) is 4.33. The van der Waals surface area contributed by atoms with E-state index < -0.39 is 0 Å². The van der Waals surface area contributed by atoms with E-state index in [9.17, 15) is 0 Å². The fraction of sp³-hybridized carbons (Fsp3) is 0.833. The van der Waals surface area contributed by atoms with Gasteiger partial charge < -0.3 is 4.90 Å². The lowest BCUT2D eigenvalue weighted by Gasteiger charge is -2.24. The largest absolute Gasteiger partial charge is 0.301 e. The van der Waals surface area contributed by atoms with Crippen molar-refractivity contribution in [2.24, 2.45) is 5.92 Å². The Morgan fingerprint density at radius 1 is 1.38 bits per heavy atom. The molecule has 1 rings (SSSR count). The highest BCUT2D eigenvalue weighted by molar-refractivity contribution is 4.88. The highest BCUT2D eigenvalue weighted by Crippen LogP contribution is 2.21. The summed E-state index contributed by atoms with van der Waals surface area (Å²) in [7, 11) is 0. The molecule has 1 fully saturated rings. The molecule has 1 unspecified atom stereocenters. The first kappa shape index (κ1) is 10.6. The molecule has 13 heavy (non-hydrogen) atoms. The van der Waals surface area contributed by atoms with Gasteiger partial charge in [0.1, 0.15) is 0 Å². The van der Waals surface area contributed by atoms with Crippen LogP contribution in [0.4, 0.5) is 0 Å². The van der Waals surface area contributed by atoms with Crippen LogP contribution in [-0.2, 0) is 0 Å². The molecule has 1 atom stereocenters. The molecule has 1 heterocycles. The Morgan fingerprint density at radius 3 is 2.77 bits per heavy atom. The average Bonchev–Trinajstić information content (AvgIpc) is 2.30. The van der Waals surface area contributed by atoms with Crippen molar-refractivity contribution in [2.75, 3.05) is 13.1 Å². The van der Waals surface area contributed by atoms with Crippen LogP contribution in [0.3, 0.4) is 0 Å². The van der Waals surface area contributed by atoms with Gasteiger partial charge in [-0.1, -0.05) is 0 Å². The van der Waals surface area contributed by atoms with Gasteiger partial charge in [-0.15, -0.1) is 12.3 Å². The van der Waals surface area contributed by atoms with Crippen molar-refractivity contribution >= 4 is 0 Å². The summed E-state index contributed by atoms with van der Waals surface area (Å²) in [5.74, 6) is 3.58. The Hall–Kier alpha value is -0.480. The van der Waals surface area contributed by atoms with E-state index in [4.69, 9.17) is 6.42 Å². The summed E-state index contributed by atoms with van der Waals surface area (Å²) in [6.45, 7) is 7.06. The van der Waals surface area contributed by atoms with Crippen LogP contribution in [0.25, 0.3) is 0 Å². The summed E-state index contributed by atoms with van der Waals surface area (Å²) < 4.78 is 0. The Labute approximate surface area is 82.5 Å². The smallest absolute Gasteiger partial charge is 0.0115 e. The molecule has 0 radical (unpaired) electrons. The molecule has 1 nitrogen and oxygen atoms in total. The predicted molar refractivity (Wildman–Crippen MR) is 57.5 cm³/mol. The fourth-order valence-corrected chi connectivity index (χ4v) is 2.07. The highest BCUT2D eigenvalue weighted by Gasteiger charge is 2.17. The van der Waals surface area contributed by atoms with Crippen LogP contribution in [0.5, 0.6) is 0 Å². The van der Waals surface area contributed by atoms with Gasteiger partial charge in [0, 0.05) is 12.5 Å². The van der Waals surface area contributed by atoms with Gasteiger partial charge in [0.25, 0.3) is 0 Å². The quantitative estimate of drug-likeness (QED) is 0.589. The molecule has 0 aliphatic carbocycles. The minimum absolute atomic E-state index is 0.699. The van der Waals surface area contributed by atoms with Gasteiger partial charge in [0.2, 0.25) is 0 Å². The second kappa shape index (κ2) is 5.29. The SMILES string of the molecule is C#CCC1CCCN(C(C)C)CC1. The molecule has 74 valence electrons. The second-order valence-corrected chi connectivity index (χ2v) is 4.33. The molecular weight excluding hydrogens is 158 g/mol.